The van der Waals surface area contributed by atoms with Crippen LogP contribution in [0.25, 0.3) is 0 Å². The summed E-state index contributed by atoms with van der Waals surface area (Å²) in [5.74, 6) is -3.81. The monoisotopic (exact) mass is 387 g/mol. The average molecular weight is 387 g/mol. The van der Waals surface area contributed by atoms with Gasteiger partial charge < -0.3 is 4.74 Å². The number of halogens is 3. The van der Waals surface area contributed by atoms with Gasteiger partial charge in [-0.05, 0) is 48.9 Å². The average Bonchev–Trinajstić information content (AvgIpc) is 2.96. The number of nitrogens with zero attached hydrogens (tertiary/aromatic N) is 1. The molecule has 2 atom stereocenters. The minimum absolute atomic E-state index is 0.0171. The molecule has 1 fully saturated rings. The normalized spacial score (nSPS) is 20.8. The highest BCUT2D eigenvalue weighted by Crippen LogP contribution is 2.36. The van der Waals surface area contributed by atoms with E-state index in [2.05, 4.69) is 0 Å². The first-order valence-corrected chi connectivity index (χ1v) is 9.33. The van der Waals surface area contributed by atoms with Crippen LogP contribution in [0.1, 0.15) is 30.4 Å². The van der Waals surface area contributed by atoms with Crippen LogP contribution in [0.2, 0.25) is 0 Å². The van der Waals surface area contributed by atoms with E-state index in [1.54, 1.807) is 4.90 Å². The predicted molar refractivity (Wildman–Crippen MR) is 98.0 cm³/mol. The molecule has 2 aromatic rings. The van der Waals surface area contributed by atoms with Crippen LogP contribution in [-0.2, 0) is 17.8 Å². The molecule has 4 rings (SSSR count). The Labute approximate surface area is 161 Å². The predicted octanol–water partition coefficient (Wildman–Crippen LogP) is 5.15. The highest BCUT2D eigenvalue weighted by atomic mass is 19.2. The first kappa shape index (κ1) is 18.6. The van der Waals surface area contributed by atoms with Crippen molar-refractivity contribution in [2.45, 2.75) is 44.4 Å². The standard InChI is InChI=1S/C22H20F3NO2/c23-19-11-16(12-20(24)21(19)25)8-15-9-17-6-7-18(10-15)26(17)22(27)28-13-14-4-2-1-3-5-14/h1-5,9,11-12,17-18H,6-8,10,13H2. The Morgan fingerprint density at radius 1 is 1.04 bits per heavy atom. The zero-order valence-electron chi connectivity index (χ0n) is 15.2. The van der Waals surface area contributed by atoms with Gasteiger partial charge in [0.15, 0.2) is 17.5 Å². The summed E-state index contributed by atoms with van der Waals surface area (Å²) in [6.07, 6.45) is 4.29. The highest BCUT2D eigenvalue weighted by molar-refractivity contribution is 5.70. The van der Waals surface area contributed by atoms with Gasteiger partial charge in [-0.2, -0.15) is 0 Å². The van der Waals surface area contributed by atoms with Crippen LogP contribution in [0.5, 0.6) is 0 Å². The summed E-state index contributed by atoms with van der Waals surface area (Å²) in [7, 11) is 0. The first-order valence-electron chi connectivity index (χ1n) is 9.33. The maximum Gasteiger partial charge on any atom is 0.410 e. The molecule has 146 valence electrons. The summed E-state index contributed by atoms with van der Waals surface area (Å²) in [6, 6.07) is 11.5. The number of benzene rings is 2. The third kappa shape index (κ3) is 3.77. The first-order chi connectivity index (χ1) is 13.5. The zero-order chi connectivity index (χ0) is 19.7. The van der Waals surface area contributed by atoms with Crippen LogP contribution in [0.15, 0.2) is 54.1 Å². The van der Waals surface area contributed by atoms with E-state index in [9.17, 15) is 18.0 Å². The number of carbonyl (C=O) groups is 1. The van der Waals surface area contributed by atoms with Gasteiger partial charge in [-0.3, -0.25) is 4.90 Å². The molecular formula is C22H20F3NO2. The van der Waals surface area contributed by atoms with Gasteiger partial charge in [0.2, 0.25) is 0 Å². The third-order valence-electron chi connectivity index (χ3n) is 5.36. The smallest absolute Gasteiger partial charge is 0.410 e. The molecule has 1 saturated heterocycles. The van der Waals surface area contributed by atoms with Crippen molar-refractivity contribution in [3.8, 4) is 0 Å². The van der Waals surface area contributed by atoms with Crippen LogP contribution in [0.4, 0.5) is 18.0 Å². The molecule has 3 nitrogen and oxygen atoms in total. The zero-order valence-corrected chi connectivity index (χ0v) is 15.2. The molecule has 0 N–H and O–H groups in total. The highest BCUT2D eigenvalue weighted by Gasteiger charge is 2.40. The van der Waals surface area contributed by atoms with Gasteiger partial charge in [0.05, 0.1) is 6.04 Å². The number of carbonyl (C=O) groups excluding carboxylic acids is 1. The summed E-state index contributed by atoms with van der Waals surface area (Å²) in [5, 5.41) is 0. The molecular weight excluding hydrogens is 367 g/mol. The van der Waals surface area contributed by atoms with E-state index >= 15 is 0 Å². The minimum atomic E-state index is -1.45. The summed E-state index contributed by atoms with van der Waals surface area (Å²) < 4.78 is 45.5. The minimum Gasteiger partial charge on any atom is -0.445 e. The molecule has 2 aliphatic heterocycles. The lowest BCUT2D eigenvalue weighted by Crippen LogP contribution is -2.43. The maximum atomic E-state index is 13.4. The fourth-order valence-corrected chi connectivity index (χ4v) is 4.10. The Kier molecular flexibility index (Phi) is 5.11. The van der Waals surface area contributed by atoms with Gasteiger partial charge in [0.1, 0.15) is 6.61 Å². The van der Waals surface area contributed by atoms with Gasteiger partial charge in [-0.15, -0.1) is 0 Å². The van der Waals surface area contributed by atoms with Crippen molar-refractivity contribution in [2.75, 3.05) is 0 Å². The van der Waals surface area contributed by atoms with Crippen LogP contribution >= 0.6 is 0 Å². The Hall–Kier alpha value is -2.76. The summed E-state index contributed by atoms with van der Waals surface area (Å²) in [6.45, 7) is 0.223. The van der Waals surface area contributed by atoms with Crippen LogP contribution in [0, 0.1) is 17.5 Å². The second-order valence-corrected chi connectivity index (χ2v) is 7.33. The Bertz CT molecular complexity index is 890. The molecule has 0 radical (unpaired) electrons. The quantitative estimate of drug-likeness (QED) is 0.537. The Balaban J connectivity index is 1.42. The molecule has 1 amide bonds. The van der Waals surface area contributed by atoms with E-state index in [4.69, 9.17) is 4.74 Å². The summed E-state index contributed by atoms with van der Waals surface area (Å²) in [4.78, 5) is 14.3. The SMILES string of the molecule is O=C(OCc1ccccc1)N1C2C=C(Cc3cc(F)c(F)c(F)c3)CC1CC2. The van der Waals surface area contributed by atoms with E-state index in [-0.39, 0.29) is 24.8 Å². The lowest BCUT2D eigenvalue weighted by Gasteiger charge is -2.33. The van der Waals surface area contributed by atoms with Gasteiger partial charge in [-0.25, -0.2) is 18.0 Å². The fourth-order valence-electron chi connectivity index (χ4n) is 4.10. The van der Waals surface area contributed by atoms with E-state index in [1.807, 2.05) is 36.4 Å². The van der Waals surface area contributed by atoms with Crippen molar-refractivity contribution in [3.63, 3.8) is 0 Å². The molecule has 0 aliphatic carbocycles. The molecule has 2 aromatic carbocycles. The van der Waals surface area contributed by atoms with Crippen molar-refractivity contribution in [1.29, 1.82) is 0 Å². The molecule has 2 aliphatic rings. The lowest BCUT2D eigenvalue weighted by molar-refractivity contribution is 0.0815. The van der Waals surface area contributed by atoms with Gasteiger partial charge in [0, 0.05) is 6.04 Å². The molecule has 28 heavy (non-hydrogen) atoms. The van der Waals surface area contributed by atoms with Crippen molar-refractivity contribution < 1.29 is 22.7 Å². The van der Waals surface area contributed by atoms with Crippen LogP contribution in [0.3, 0.4) is 0 Å². The van der Waals surface area contributed by atoms with Crippen molar-refractivity contribution in [2.24, 2.45) is 0 Å². The van der Waals surface area contributed by atoms with Crippen molar-refractivity contribution in [1.82, 2.24) is 4.90 Å². The van der Waals surface area contributed by atoms with Crippen molar-refractivity contribution in [3.05, 3.63) is 82.7 Å². The van der Waals surface area contributed by atoms with Gasteiger partial charge >= 0.3 is 6.09 Å². The second kappa shape index (κ2) is 7.70. The number of hydrogen-bond donors (Lipinski definition) is 0. The molecule has 0 saturated carbocycles. The maximum absolute atomic E-state index is 13.4. The summed E-state index contributed by atoms with van der Waals surface area (Å²) >= 11 is 0. The van der Waals surface area contributed by atoms with E-state index in [1.165, 1.54) is 0 Å². The molecule has 0 aromatic heterocycles. The van der Waals surface area contributed by atoms with E-state index < -0.39 is 17.5 Å². The summed E-state index contributed by atoms with van der Waals surface area (Å²) in [5.41, 5.74) is 2.32. The largest absolute Gasteiger partial charge is 0.445 e. The molecule has 0 spiro atoms. The fraction of sp³-hybridized carbons (Fsp3) is 0.318. The third-order valence-corrected chi connectivity index (χ3v) is 5.36. The van der Waals surface area contributed by atoms with E-state index in [0.717, 1.165) is 36.1 Å². The van der Waals surface area contributed by atoms with Gasteiger partial charge in [0.25, 0.3) is 0 Å². The van der Waals surface area contributed by atoms with Gasteiger partial charge in [-0.1, -0.05) is 42.0 Å². The Morgan fingerprint density at radius 2 is 1.75 bits per heavy atom. The Morgan fingerprint density at radius 3 is 2.43 bits per heavy atom. The lowest BCUT2D eigenvalue weighted by atomic mass is 9.95. The van der Waals surface area contributed by atoms with Crippen LogP contribution < -0.4 is 0 Å². The van der Waals surface area contributed by atoms with Crippen LogP contribution in [-0.4, -0.2) is 23.1 Å². The van der Waals surface area contributed by atoms with E-state index in [0.29, 0.717) is 18.4 Å². The number of hydrogen-bond acceptors (Lipinski definition) is 2. The number of rotatable bonds is 4. The molecule has 6 heteroatoms. The second-order valence-electron chi connectivity index (χ2n) is 7.33. The topological polar surface area (TPSA) is 29.5 Å². The number of fused-ring (bicyclic) bond motifs is 2. The molecule has 2 bridgehead atoms. The number of amides is 1. The van der Waals surface area contributed by atoms with Crippen molar-refractivity contribution >= 4 is 6.09 Å². The number of ether oxygens (including phenoxy) is 1. The molecule has 2 unspecified atom stereocenters. The molecule has 2 heterocycles.